The predicted molar refractivity (Wildman–Crippen MR) is 73.9 cm³/mol. The summed E-state index contributed by atoms with van der Waals surface area (Å²) in [5.74, 6) is -0.890. The Morgan fingerprint density at radius 1 is 1.37 bits per heavy atom. The maximum Gasteiger partial charge on any atom is 0.329 e. The molecular weight excluding hydrogens is 264 g/mol. The first-order valence-corrected chi connectivity index (χ1v) is 6.69. The van der Waals surface area contributed by atoms with Crippen LogP contribution in [0.4, 0.5) is 0 Å². The highest BCUT2D eigenvalue weighted by Crippen LogP contribution is 2.25. The van der Waals surface area contributed by atoms with Crippen LogP contribution in [0.2, 0.25) is 0 Å². The van der Waals surface area contributed by atoms with Crippen LogP contribution in [0.5, 0.6) is 0 Å². The maximum absolute atomic E-state index is 12.3. The van der Waals surface area contributed by atoms with E-state index in [9.17, 15) is 9.59 Å². The minimum Gasteiger partial charge on any atom is -0.480 e. The van der Waals surface area contributed by atoms with Crippen molar-refractivity contribution in [1.82, 2.24) is 4.98 Å². The summed E-state index contributed by atoms with van der Waals surface area (Å²) in [7, 11) is 0. The largest absolute Gasteiger partial charge is 0.480 e. The number of nitrogens with one attached hydrogen (secondary N) is 1. The fourth-order valence-electron chi connectivity index (χ4n) is 2.00. The SMILES string of the molecule is O=C(C1=N[C@H](C(=O)O)CS1)c1c[nH]c2ccccc12. The van der Waals surface area contributed by atoms with Crippen molar-refractivity contribution in [3.05, 3.63) is 36.0 Å². The average molecular weight is 274 g/mol. The zero-order chi connectivity index (χ0) is 13.4. The highest BCUT2D eigenvalue weighted by molar-refractivity contribution is 8.16. The van der Waals surface area contributed by atoms with Crippen molar-refractivity contribution < 1.29 is 14.7 Å². The van der Waals surface area contributed by atoms with Gasteiger partial charge in [0.15, 0.2) is 6.04 Å². The van der Waals surface area contributed by atoms with Crippen molar-refractivity contribution in [2.75, 3.05) is 5.75 Å². The summed E-state index contributed by atoms with van der Waals surface area (Å²) in [6, 6.07) is 6.67. The van der Waals surface area contributed by atoms with Gasteiger partial charge < -0.3 is 10.1 Å². The van der Waals surface area contributed by atoms with Gasteiger partial charge in [-0.15, -0.1) is 11.8 Å². The molecule has 2 aromatic rings. The summed E-state index contributed by atoms with van der Waals surface area (Å²) < 4.78 is 0. The zero-order valence-electron chi connectivity index (χ0n) is 9.79. The Bertz CT molecular complexity index is 705. The number of Topliss-reactive ketones (excluding diaryl/α,β-unsaturated/α-hetero) is 1. The lowest BCUT2D eigenvalue weighted by Gasteiger charge is -1.97. The van der Waals surface area contributed by atoms with E-state index in [1.807, 2.05) is 24.3 Å². The van der Waals surface area contributed by atoms with Crippen LogP contribution in [-0.4, -0.2) is 38.7 Å². The van der Waals surface area contributed by atoms with Gasteiger partial charge in [0, 0.05) is 22.9 Å². The number of carboxylic acids is 1. The first kappa shape index (κ1) is 12.0. The van der Waals surface area contributed by atoms with Gasteiger partial charge in [0.2, 0.25) is 5.78 Å². The molecular formula is C13H10N2O3S. The molecule has 0 amide bonds. The Labute approximate surface area is 112 Å². The maximum atomic E-state index is 12.3. The monoisotopic (exact) mass is 274 g/mol. The van der Waals surface area contributed by atoms with E-state index in [4.69, 9.17) is 5.11 Å². The van der Waals surface area contributed by atoms with Crippen molar-refractivity contribution in [1.29, 1.82) is 0 Å². The Morgan fingerprint density at radius 3 is 2.89 bits per heavy atom. The molecule has 0 spiro atoms. The van der Waals surface area contributed by atoms with Gasteiger partial charge in [0.25, 0.3) is 0 Å². The van der Waals surface area contributed by atoms with Crippen LogP contribution in [-0.2, 0) is 4.79 Å². The van der Waals surface area contributed by atoms with Crippen LogP contribution in [0.1, 0.15) is 10.4 Å². The van der Waals surface area contributed by atoms with Crippen LogP contribution in [0.3, 0.4) is 0 Å². The molecule has 0 fully saturated rings. The van der Waals surface area contributed by atoms with Crippen molar-refractivity contribution in [2.24, 2.45) is 4.99 Å². The summed E-state index contributed by atoms with van der Waals surface area (Å²) in [5, 5.41) is 9.98. The molecule has 0 aliphatic carbocycles. The van der Waals surface area contributed by atoms with E-state index < -0.39 is 12.0 Å². The Balaban J connectivity index is 1.97. The molecule has 0 bridgehead atoms. The number of aromatic amines is 1. The van der Waals surface area contributed by atoms with Gasteiger partial charge >= 0.3 is 5.97 Å². The van der Waals surface area contributed by atoms with E-state index in [1.165, 1.54) is 11.8 Å². The lowest BCUT2D eigenvalue weighted by molar-refractivity contribution is -0.137. The van der Waals surface area contributed by atoms with Crippen LogP contribution < -0.4 is 0 Å². The van der Waals surface area contributed by atoms with E-state index >= 15 is 0 Å². The number of aromatic nitrogens is 1. The Morgan fingerprint density at radius 2 is 2.16 bits per heavy atom. The summed E-state index contributed by atoms with van der Waals surface area (Å²) in [6.45, 7) is 0. The van der Waals surface area contributed by atoms with Gasteiger partial charge in [0.05, 0.1) is 5.56 Å². The zero-order valence-corrected chi connectivity index (χ0v) is 10.6. The number of carbonyl (C=O) groups excluding carboxylic acids is 1. The molecule has 0 saturated heterocycles. The molecule has 2 heterocycles. The molecule has 0 radical (unpaired) electrons. The first-order chi connectivity index (χ1) is 9.16. The van der Waals surface area contributed by atoms with Crippen molar-refractivity contribution in [3.63, 3.8) is 0 Å². The normalized spacial score (nSPS) is 18.5. The fourth-order valence-corrected chi connectivity index (χ4v) is 2.97. The number of nitrogens with zero attached hydrogens (tertiary/aromatic N) is 1. The molecule has 3 rings (SSSR count). The van der Waals surface area contributed by atoms with Gasteiger partial charge in [0.1, 0.15) is 5.04 Å². The molecule has 1 aliphatic rings. The quantitative estimate of drug-likeness (QED) is 0.838. The van der Waals surface area contributed by atoms with Gasteiger partial charge in [-0.25, -0.2) is 4.79 Å². The van der Waals surface area contributed by atoms with Gasteiger partial charge in [-0.1, -0.05) is 18.2 Å². The summed E-state index contributed by atoms with van der Waals surface area (Å²) in [6.07, 6.45) is 1.64. The standard InChI is InChI=1S/C13H10N2O3S/c16-11(12-15-10(6-19-12)13(17)18)8-5-14-9-4-2-1-3-7(8)9/h1-5,10,14H,6H2,(H,17,18)/t10-/m0/s1. The first-order valence-electron chi connectivity index (χ1n) is 5.71. The highest BCUT2D eigenvalue weighted by Gasteiger charge is 2.29. The number of ketones is 1. The number of para-hydroxylation sites is 1. The molecule has 0 saturated carbocycles. The lowest BCUT2D eigenvalue weighted by atomic mass is 10.1. The third kappa shape index (κ3) is 2.04. The Hall–Kier alpha value is -2.08. The average Bonchev–Trinajstić information content (AvgIpc) is 3.05. The predicted octanol–water partition coefficient (Wildman–Crippen LogP) is 1.95. The molecule has 2 N–H and O–H groups in total. The minimum atomic E-state index is -0.991. The van der Waals surface area contributed by atoms with E-state index in [-0.39, 0.29) is 10.8 Å². The number of carbonyl (C=O) groups is 2. The molecule has 1 aromatic heterocycles. The third-order valence-electron chi connectivity index (χ3n) is 2.96. The second-order valence-electron chi connectivity index (χ2n) is 4.18. The van der Waals surface area contributed by atoms with Crippen molar-refractivity contribution in [3.8, 4) is 0 Å². The van der Waals surface area contributed by atoms with E-state index in [0.717, 1.165) is 10.9 Å². The number of aliphatic carboxylic acids is 1. The van der Waals surface area contributed by atoms with Crippen LogP contribution >= 0.6 is 11.8 Å². The van der Waals surface area contributed by atoms with Gasteiger partial charge in [-0.2, -0.15) is 0 Å². The van der Waals surface area contributed by atoms with Crippen LogP contribution in [0.25, 0.3) is 10.9 Å². The number of carboxylic acid groups (broad SMARTS) is 1. The second-order valence-corrected chi connectivity index (χ2v) is 5.19. The van der Waals surface area contributed by atoms with E-state index in [2.05, 4.69) is 9.98 Å². The summed E-state index contributed by atoms with van der Waals surface area (Å²) >= 11 is 1.20. The van der Waals surface area contributed by atoms with Gasteiger partial charge in [-0.05, 0) is 6.07 Å². The summed E-state index contributed by atoms with van der Waals surface area (Å²) in [5.41, 5.74) is 1.41. The molecule has 5 nitrogen and oxygen atoms in total. The smallest absolute Gasteiger partial charge is 0.329 e. The minimum absolute atomic E-state index is 0.216. The number of thioether (sulfide) groups is 1. The number of hydrogen-bond donors (Lipinski definition) is 2. The molecule has 96 valence electrons. The van der Waals surface area contributed by atoms with Crippen molar-refractivity contribution in [2.45, 2.75) is 6.04 Å². The molecule has 1 aromatic carbocycles. The van der Waals surface area contributed by atoms with E-state index in [0.29, 0.717) is 11.3 Å². The lowest BCUT2D eigenvalue weighted by Crippen LogP contribution is -2.17. The molecule has 19 heavy (non-hydrogen) atoms. The van der Waals surface area contributed by atoms with Crippen LogP contribution in [0, 0.1) is 0 Å². The number of hydrogen-bond acceptors (Lipinski definition) is 4. The van der Waals surface area contributed by atoms with Crippen LogP contribution in [0.15, 0.2) is 35.5 Å². The van der Waals surface area contributed by atoms with E-state index in [1.54, 1.807) is 6.20 Å². The summed E-state index contributed by atoms with van der Waals surface area (Å²) in [4.78, 5) is 30.1. The topological polar surface area (TPSA) is 82.5 Å². The highest BCUT2D eigenvalue weighted by atomic mass is 32.2. The third-order valence-corrected chi connectivity index (χ3v) is 4.01. The second kappa shape index (κ2) is 4.55. The molecule has 1 aliphatic heterocycles. The van der Waals surface area contributed by atoms with Crippen molar-refractivity contribution >= 4 is 39.5 Å². The molecule has 6 heteroatoms. The molecule has 1 atom stereocenters. The van der Waals surface area contributed by atoms with Gasteiger partial charge in [-0.3, -0.25) is 9.79 Å². The molecule has 0 unspecified atom stereocenters. The number of H-pyrrole nitrogens is 1. The number of fused-ring (bicyclic) bond motifs is 1. The Kier molecular flexibility index (Phi) is 2.87. The number of benzene rings is 1. The fraction of sp³-hybridized carbons (Fsp3) is 0.154. The number of aliphatic imine (C=N–C) groups is 1. The number of rotatable bonds is 3.